The van der Waals surface area contributed by atoms with Crippen LogP contribution in [-0.4, -0.2) is 22.4 Å². The Morgan fingerprint density at radius 1 is 1.00 bits per heavy atom. The fraction of sp³-hybridized carbons (Fsp3) is 0.125. The number of benzene rings is 3. The van der Waals surface area contributed by atoms with Crippen molar-refractivity contribution in [3.8, 4) is 0 Å². The number of anilines is 1. The standard InChI is InChI=1S/C24H18BrN3O3/c25-17-10-11-21-18(12-17)20(13-26-21)24(15-28(30)31)19-8-4-5-9-22(19)27(23(24)29)14-16-6-2-1-3-7-16/h1-13,26H,14-15H2/t24-/m1/s1. The predicted molar refractivity (Wildman–Crippen MR) is 123 cm³/mol. The van der Waals surface area contributed by atoms with Gasteiger partial charge < -0.3 is 9.88 Å². The Balaban J connectivity index is 1.75. The number of hydrogen-bond acceptors (Lipinski definition) is 3. The molecule has 1 atom stereocenters. The number of nitrogens with zero attached hydrogens (tertiary/aromatic N) is 2. The molecule has 3 aromatic carbocycles. The maximum absolute atomic E-state index is 14.0. The van der Waals surface area contributed by atoms with E-state index in [-0.39, 0.29) is 5.91 Å². The van der Waals surface area contributed by atoms with E-state index in [0.717, 1.165) is 20.9 Å². The van der Waals surface area contributed by atoms with E-state index in [2.05, 4.69) is 20.9 Å². The average Bonchev–Trinajstić information content (AvgIpc) is 3.28. The molecule has 4 aromatic rings. The van der Waals surface area contributed by atoms with Crippen molar-refractivity contribution in [3.05, 3.63) is 110 Å². The van der Waals surface area contributed by atoms with Gasteiger partial charge in [0.2, 0.25) is 12.5 Å². The number of nitrogens with one attached hydrogen (secondary N) is 1. The number of rotatable bonds is 5. The number of hydrogen-bond donors (Lipinski definition) is 1. The van der Waals surface area contributed by atoms with Crippen molar-refractivity contribution < 1.29 is 9.72 Å². The van der Waals surface area contributed by atoms with Gasteiger partial charge in [-0.1, -0.05) is 64.5 Å². The highest BCUT2D eigenvalue weighted by atomic mass is 79.9. The number of amides is 1. The van der Waals surface area contributed by atoms with E-state index in [1.54, 1.807) is 11.1 Å². The molecule has 0 spiro atoms. The lowest BCUT2D eigenvalue weighted by atomic mass is 9.75. The van der Waals surface area contributed by atoms with Gasteiger partial charge in [0.1, 0.15) is 0 Å². The van der Waals surface area contributed by atoms with Crippen LogP contribution >= 0.6 is 15.9 Å². The van der Waals surface area contributed by atoms with E-state index >= 15 is 0 Å². The summed E-state index contributed by atoms with van der Waals surface area (Å²) < 4.78 is 0.844. The lowest BCUT2D eigenvalue weighted by Crippen LogP contribution is -2.45. The molecular formula is C24H18BrN3O3. The number of carbonyl (C=O) groups excluding carboxylic acids is 1. The number of H-pyrrole nitrogens is 1. The van der Waals surface area contributed by atoms with Gasteiger partial charge in [0.05, 0.1) is 6.54 Å². The van der Waals surface area contributed by atoms with E-state index in [9.17, 15) is 14.9 Å². The zero-order valence-electron chi connectivity index (χ0n) is 16.4. The molecule has 5 rings (SSSR count). The average molecular weight is 476 g/mol. The second-order valence-corrected chi connectivity index (χ2v) is 8.60. The highest BCUT2D eigenvalue weighted by molar-refractivity contribution is 9.10. The molecule has 0 aliphatic carbocycles. The van der Waals surface area contributed by atoms with Gasteiger partial charge in [-0.2, -0.15) is 0 Å². The minimum Gasteiger partial charge on any atom is -0.361 e. The van der Waals surface area contributed by atoms with Crippen LogP contribution in [0.25, 0.3) is 10.9 Å². The first kappa shape index (κ1) is 19.5. The summed E-state index contributed by atoms with van der Waals surface area (Å²) in [6.07, 6.45) is 1.74. The third-order valence-corrected chi connectivity index (χ3v) is 6.41. The number of para-hydroxylation sites is 1. The van der Waals surface area contributed by atoms with Crippen LogP contribution in [0.3, 0.4) is 0 Å². The predicted octanol–water partition coefficient (Wildman–Crippen LogP) is 5.04. The van der Waals surface area contributed by atoms with Crippen molar-refractivity contribution in [3.63, 3.8) is 0 Å². The third kappa shape index (κ3) is 3.04. The van der Waals surface area contributed by atoms with Crippen LogP contribution in [0.4, 0.5) is 5.69 Å². The van der Waals surface area contributed by atoms with Gasteiger partial charge in [0.15, 0.2) is 5.41 Å². The highest BCUT2D eigenvalue weighted by Gasteiger charge is 2.56. The summed E-state index contributed by atoms with van der Waals surface area (Å²) in [5, 5.41) is 12.7. The van der Waals surface area contributed by atoms with E-state index in [4.69, 9.17) is 0 Å². The van der Waals surface area contributed by atoms with Gasteiger partial charge in [-0.15, -0.1) is 0 Å². The van der Waals surface area contributed by atoms with Crippen molar-refractivity contribution in [2.45, 2.75) is 12.0 Å². The zero-order chi connectivity index (χ0) is 21.6. The maximum atomic E-state index is 14.0. The van der Waals surface area contributed by atoms with Gasteiger partial charge in [0, 0.05) is 43.3 Å². The van der Waals surface area contributed by atoms with E-state index < -0.39 is 16.9 Å². The van der Waals surface area contributed by atoms with Crippen LogP contribution < -0.4 is 4.90 Å². The quantitative estimate of drug-likeness (QED) is 0.324. The van der Waals surface area contributed by atoms with Crippen LogP contribution in [0.2, 0.25) is 0 Å². The second-order valence-electron chi connectivity index (χ2n) is 7.68. The van der Waals surface area contributed by atoms with Crippen LogP contribution in [-0.2, 0) is 16.8 Å². The van der Waals surface area contributed by atoms with Crippen molar-refractivity contribution in [1.82, 2.24) is 4.98 Å². The summed E-state index contributed by atoms with van der Waals surface area (Å²) in [5.41, 5.74) is 2.37. The van der Waals surface area contributed by atoms with Crippen molar-refractivity contribution in [2.75, 3.05) is 11.4 Å². The van der Waals surface area contributed by atoms with Crippen molar-refractivity contribution >= 4 is 38.4 Å². The van der Waals surface area contributed by atoms with Crippen LogP contribution in [0, 0.1) is 10.1 Å². The first-order chi connectivity index (χ1) is 15.0. The van der Waals surface area contributed by atoms with Gasteiger partial charge in [-0.3, -0.25) is 14.9 Å². The smallest absolute Gasteiger partial charge is 0.249 e. The monoisotopic (exact) mass is 475 g/mol. The Bertz CT molecular complexity index is 1320. The zero-order valence-corrected chi connectivity index (χ0v) is 18.0. The topological polar surface area (TPSA) is 79.2 Å². The van der Waals surface area contributed by atoms with Gasteiger partial charge in [0.25, 0.3) is 0 Å². The van der Waals surface area contributed by atoms with E-state index in [1.165, 1.54) is 0 Å². The number of aromatic nitrogens is 1. The van der Waals surface area contributed by atoms with Gasteiger partial charge >= 0.3 is 0 Å². The van der Waals surface area contributed by atoms with Gasteiger partial charge in [-0.25, -0.2) is 0 Å². The Morgan fingerprint density at radius 2 is 1.74 bits per heavy atom. The molecule has 0 fully saturated rings. The fourth-order valence-corrected chi connectivity index (χ4v) is 4.95. The SMILES string of the molecule is O=C1N(Cc2ccccc2)c2ccccc2[C@]1(C[N+](=O)[O-])c1c[nH]c2ccc(Br)cc12. The number of aromatic amines is 1. The lowest BCUT2D eigenvalue weighted by Gasteiger charge is -2.25. The Labute approximate surface area is 186 Å². The van der Waals surface area contributed by atoms with Crippen molar-refractivity contribution in [2.24, 2.45) is 0 Å². The molecule has 0 saturated carbocycles. The van der Waals surface area contributed by atoms with Gasteiger partial charge in [-0.05, 0) is 29.8 Å². The van der Waals surface area contributed by atoms with Crippen LogP contribution in [0.1, 0.15) is 16.7 Å². The number of nitro groups is 1. The molecule has 0 radical (unpaired) electrons. The molecule has 1 aromatic heterocycles. The molecule has 0 saturated heterocycles. The normalized spacial score (nSPS) is 17.8. The number of carbonyl (C=O) groups is 1. The highest BCUT2D eigenvalue weighted by Crippen LogP contribution is 2.49. The molecule has 0 unspecified atom stereocenters. The fourth-order valence-electron chi connectivity index (χ4n) is 4.59. The summed E-state index contributed by atoms with van der Waals surface area (Å²) in [4.78, 5) is 30.4. The molecule has 1 aliphatic rings. The minimum absolute atomic E-state index is 0.282. The Kier molecular flexibility index (Phi) is 4.63. The lowest BCUT2D eigenvalue weighted by molar-refractivity contribution is -0.486. The van der Waals surface area contributed by atoms with Crippen molar-refractivity contribution in [1.29, 1.82) is 0 Å². The summed E-state index contributed by atoms with van der Waals surface area (Å²) in [7, 11) is 0. The Hall–Kier alpha value is -3.45. The number of fused-ring (bicyclic) bond motifs is 2. The molecule has 2 heterocycles. The summed E-state index contributed by atoms with van der Waals surface area (Å²) in [6, 6.07) is 22.7. The molecule has 1 aliphatic heterocycles. The Morgan fingerprint density at radius 3 is 2.52 bits per heavy atom. The van der Waals surface area contributed by atoms with E-state index in [1.807, 2.05) is 72.8 Å². The van der Waals surface area contributed by atoms with Crippen LogP contribution in [0.15, 0.2) is 83.5 Å². The largest absolute Gasteiger partial charge is 0.361 e. The minimum atomic E-state index is -1.41. The molecule has 31 heavy (non-hydrogen) atoms. The molecule has 6 nitrogen and oxygen atoms in total. The summed E-state index contributed by atoms with van der Waals surface area (Å²) in [5.74, 6) is -0.282. The van der Waals surface area contributed by atoms with E-state index in [0.29, 0.717) is 23.4 Å². The first-order valence-electron chi connectivity index (χ1n) is 9.85. The maximum Gasteiger partial charge on any atom is 0.249 e. The molecule has 154 valence electrons. The second kappa shape index (κ2) is 7.35. The summed E-state index contributed by atoms with van der Waals surface area (Å²) >= 11 is 3.49. The first-order valence-corrected chi connectivity index (χ1v) is 10.6. The molecule has 7 heteroatoms. The van der Waals surface area contributed by atoms with Crippen LogP contribution in [0.5, 0.6) is 0 Å². The summed E-state index contributed by atoms with van der Waals surface area (Å²) in [6.45, 7) is -0.171. The molecule has 0 bridgehead atoms. The molecular weight excluding hydrogens is 458 g/mol. The third-order valence-electron chi connectivity index (χ3n) is 5.92. The molecule has 1 amide bonds. The molecule has 1 N–H and O–H groups in total. The number of halogens is 1.